The molecule has 1 aromatic rings. The minimum absolute atomic E-state index is 0.0583. The summed E-state index contributed by atoms with van der Waals surface area (Å²) in [5.74, 6) is -1.24. The molecule has 122 valence electrons. The number of nitro benzene ring substituents is 1. The summed E-state index contributed by atoms with van der Waals surface area (Å²) in [6.45, 7) is 4.47. The molecule has 1 aromatic carbocycles. The topological polar surface area (TPSA) is 98.7 Å². The summed E-state index contributed by atoms with van der Waals surface area (Å²) in [6, 6.07) is 3.13. The molecule has 0 fully saturated rings. The van der Waals surface area contributed by atoms with E-state index in [9.17, 15) is 19.3 Å². The first-order valence-corrected chi connectivity index (χ1v) is 6.67. The minimum atomic E-state index is -1.01. The third-order valence-electron chi connectivity index (χ3n) is 3.12. The van der Waals surface area contributed by atoms with Crippen molar-refractivity contribution < 1.29 is 18.8 Å². The Bertz CT molecular complexity index is 563. The smallest absolute Gasteiger partial charge is 0.305 e. The number of hydrogen-bond acceptors (Lipinski definition) is 5. The number of nitrogens with two attached hydrogens (primary N) is 1. The molecule has 0 spiro atoms. The summed E-state index contributed by atoms with van der Waals surface area (Å²) in [5.41, 5.74) is 4.75. The van der Waals surface area contributed by atoms with Crippen molar-refractivity contribution >= 4 is 11.6 Å². The molecule has 0 aliphatic rings. The number of amides is 1. The second-order valence-electron chi connectivity index (χ2n) is 5.78. The number of halogens is 1. The monoisotopic (exact) mass is 313 g/mol. The van der Waals surface area contributed by atoms with Crippen LogP contribution in [0, 0.1) is 21.3 Å². The number of ether oxygens (including phenoxy) is 1. The Hall–Kier alpha value is -2.22. The van der Waals surface area contributed by atoms with Gasteiger partial charge in [0.15, 0.2) is 6.61 Å². The molecule has 0 aliphatic heterocycles. The summed E-state index contributed by atoms with van der Waals surface area (Å²) in [6.07, 6.45) is 0. The van der Waals surface area contributed by atoms with Gasteiger partial charge in [-0.1, -0.05) is 13.8 Å². The lowest BCUT2D eigenvalue weighted by Gasteiger charge is -2.28. The van der Waals surface area contributed by atoms with Crippen LogP contribution in [0.3, 0.4) is 0 Å². The SMILES string of the molecule is CN(CC(C)(C)CN)C(=O)COc1ccc([N+](=O)[O-])c(F)c1. The van der Waals surface area contributed by atoms with Crippen molar-refractivity contribution in [3.05, 3.63) is 34.1 Å². The largest absolute Gasteiger partial charge is 0.484 e. The summed E-state index contributed by atoms with van der Waals surface area (Å²) in [4.78, 5) is 23.1. The molecule has 0 unspecified atom stereocenters. The average Bonchev–Trinajstić information content (AvgIpc) is 2.43. The van der Waals surface area contributed by atoms with Gasteiger partial charge in [0.25, 0.3) is 5.91 Å². The van der Waals surface area contributed by atoms with Crippen molar-refractivity contribution in [3.63, 3.8) is 0 Å². The van der Waals surface area contributed by atoms with Crippen LogP contribution >= 0.6 is 0 Å². The van der Waals surface area contributed by atoms with Crippen molar-refractivity contribution in [2.45, 2.75) is 13.8 Å². The Labute approximate surface area is 128 Å². The predicted molar refractivity (Wildman–Crippen MR) is 79.0 cm³/mol. The molecular formula is C14H20FN3O4. The Balaban J connectivity index is 2.61. The first-order chi connectivity index (χ1) is 10.2. The van der Waals surface area contributed by atoms with E-state index in [-0.39, 0.29) is 23.7 Å². The number of hydrogen-bond donors (Lipinski definition) is 1. The molecule has 0 atom stereocenters. The fourth-order valence-electron chi connectivity index (χ4n) is 1.78. The zero-order chi connectivity index (χ0) is 16.9. The van der Waals surface area contributed by atoms with E-state index in [1.54, 1.807) is 7.05 Å². The highest BCUT2D eigenvalue weighted by molar-refractivity contribution is 5.77. The van der Waals surface area contributed by atoms with Crippen LogP contribution in [0.25, 0.3) is 0 Å². The first-order valence-electron chi connectivity index (χ1n) is 6.67. The molecule has 1 rings (SSSR count). The van der Waals surface area contributed by atoms with Crippen LogP contribution in [-0.4, -0.2) is 42.5 Å². The van der Waals surface area contributed by atoms with Gasteiger partial charge in [-0.05, 0) is 18.0 Å². The van der Waals surface area contributed by atoms with Crippen molar-refractivity contribution in [1.29, 1.82) is 0 Å². The summed E-state index contributed by atoms with van der Waals surface area (Å²) in [7, 11) is 1.62. The minimum Gasteiger partial charge on any atom is -0.484 e. The van der Waals surface area contributed by atoms with E-state index in [0.717, 1.165) is 12.1 Å². The summed E-state index contributed by atoms with van der Waals surface area (Å²) in [5, 5.41) is 10.5. The van der Waals surface area contributed by atoms with Gasteiger partial charge in [0, 0.05) is 25.7 Å². The van der Waals surface area contributed by atoms with Gasteiger partial charge in [-0.3, -0.25) is 14.9 Å². The van der Waals surface area contributed by atoms with Crippen LogP contribution in [0.4, 0.5) is 10.1 Å². The van der Waals surface area contributed by atoms with E-state index in [1.807, 2.05) is 13.8 Å². The maximum absolute atomic E-state index is 13.4. The quantitative estimate of drug-likeness (QED) is 0.608. The standard InChI is InChI=1S/C14H20FN3O4/c1-14(2,8-16)9-17(3)13(19)7-22-10-4-5-12(18(20)21)11(15)6-10/h4-6H,7-9,16H2,1-3H3. The van der Waals surface area contributed by atoms with Gasteiger partial charge in [0.05, 0.1) is 4.92 Å². The highest BCUT2D eigenvalue weighted by Crippen LogP contribution is 2.22. The second kappa shape index (κ2) is 7.17. The zero-order valence-corrected chi connectivity index (χ0v) is 12.8. The van der Waals surface area contributed by atoms with Crippen molar-refractivity contribution in [2.75, 3.05) is 26.7 Å². The van der Waals surface area contributed by atoms with Gasteiger partial charge < -0.3 is 15.4 Å². The number of rotatable bonds is 7. The zero-order valence-electron chi connectivity index (χ0n) is 12.8. The molecule has 0 aromatic heterocycles. The number of nitrogens with zero attached hydrogens (tertiary/aromatic N) is 2. The average molecular weight is 313 g/mol. The van der Waals surface area contributed by atoms with Gasteiger partial charge in [0.1, 0.15) is 5.75 Å². The van der Waals surface area contributed by atoms with Gasteiger partial charge in [-0.2, -0.15) is 4.39 Å². The van der Waals surface area contributed by atoms with E-state index in [2.05, 4.69) is 0 Å². The molecule has 22 heavy (non-hydrogen) atoms. The number of carbonyl (C=O) groups is 1. The van der Waals surface area contributed by atoms with Crippen LogP contribution in [0.15, 0.2) is 18.2 Å². The van der Waals surface area contributed by atoms with E-state index < -0.39 is 16.4 Å². The molecule has 1 amide bonds. The third kappa shape index (κ3) is 4.96. The van der Waals surface area contributed by atoms with Crippen molar-refractivity contribution in [1.82, 2.24) is 4.90 Å². The Morgan fingerprint density at radius 1 is 1.50 bits per heavy atom. The van der Waals surface area contributed by atoms with Crippen LogP contribution in [0.1, 0.15) is 13.8 Å². The van der Waals surface area contributed by atoms with Crippen LogP contribution in [-0.2, 0) is 4.79 Å². The highest BCUT2D eigenvalue weighted by Gasteiger charge is 2.21. The fraction of sp³-hybridized carbons (Fsp3) is 0.500. The van der Waals surface area contributed by atoms with Gasteiger partial charge in [-0.15, -0.1) is 0 Å². The van der Waals surface area contributed by atoms with E-state index in [4.69, 9.17) is 10.5 Å². The Kier molecular flexibility index (Phi) is 5.81. The molecule has 0 radical (unpaired) electrons. The molecule has 8 heteroatoms. The van der Waals surface area contributed by atoms with E-state index in [0.29, 0.717) is 13.1 Å². The van der Waals surface area contributed by atoms with Crippen molar-refractivity contribution in [2.24, 2.45) is 11.1 Å². The van der Waals surface area contributed by atoms with Gasteiger partial charge >= 0.3 is 5.69 Å². The number of nitro groups is 1. The summed E-state index contributed by atoms with van der Waals surface area (Å²) >= 11 is 0. The molecule has 0 aliphatic carbocycles. The van der Waals surface area contributed by atoms with Crippen LogP contribution < -0.4 is 10.5 Å². The highest BCUT2D eigenvalue weighted by atomic mass is 19.1. The van der Waals surface area contributed by atoms with Crippen molar-refractivity contribution in [3.8, 4) is 5.75 Å². The third-order valence-corrected chi connectivity index (χ3v) is 3.12. The molecule has 2 N–H and O–H groups in total. The molecule has 0 saturated carbocycles. The number of benzene rings is 1. The normalized spacial score (nSPS) is 11.1. The lowest BCUT2D eigenvalue weighted by molar-refractivity contribution is -0.387. The Morgan fingerprint density at radius 3 is 2.64 bits per heavy atom. The molecule has 0 saturated heterocycles. The molecular weight excluding hydrogens is 293 g/mol. The van der Waals surface area contributed by atoms with E-state index in [1.165, 1.54) is 11.0 Å². The first kappa shape index (κ1) is 17.8. The number of carbonyl (C=O) groups excluding carboxylic acids is 1. The lowest BCUT2D eigenvalue weighted by Crippen LogP contribution is -2.41. The molecule has 0 bridgehead atoms. The lowest BCUT2D eigenvalue weighted by atomic mass is 9.93. The van der Waals surface area contributed by atoms with Crippen LogP contribution in [0.2, 0.25) is 0 Å². The Morgan fingerprint density at radius 2 is 2.14 bits per heavy atom. The van der Waals surface area contributed by atoms with Gasteiger partial charge in [-0.25, -0.2) is 0 Å². The second-order valence-corrected chi connectivity index (χ2v) is 5.78. The maximum Gasteiger partial charge on any atom is 0.305 e. The van der Waals surface area contributed by atoms with Gasteiger partial charge in [0.2, 0.25) is 5.82 Å². The maximum atomic E-state index is 13.4. The van der Waals surface area contributed by atoms with E-state index >= 15 is 0 Å². The molecule has 7 nitrogen and oxygen atoms in total. The number of likely N-dealkylation sites (N-methyl/N-ethyl adjacent to an activating group) is 1. The fourth-order valence-corrected chi connectivity index (χ4v) is 1.78. The predicted octanol–water partition coefficient (Wildman–Crippen LogP) is 1.56. The molecule has 0 heterocycles. The summed E-state index contributed by atoms with van der Waals surface area (Å²) < 4.78 is 18.6. The van der Waals surface area contributed by atoms with Crippen LogP contribution in [0.5, 0.6) is 5.75 Å².